The molecule has 0 amide bonds. The van der Waals surface area contributed by atoms with E-state index in [0.29, 0.717) is 18.1 Å². The van der Waals surface area contributed by atoms with E-state index in [2.05, 4.69) is 0 Å². The number of hydrogen-bond donors (Lipinski definition) is 0. The Morgan fingerprint density at radius 1 is 0.660 bits per heavy atom. The lowest BCUT2D eigenvalue weighted by Crippen LogP contribution is -2.24. The van der Waals surface area contributed by atoms with Crippen LogP contribution in [0.1, 0.15) is 64.1 Å². The molecule has 8 heteroatoms. The minimum atomic E-state index is -0.534. The number of carbonyl (C=O) groups excluding carboxylic acids is 3. The topological polar surface area (TPSA) is 78.9 Å². The van der Waals surface area contributed by atoms with Gasteiger partial charge in [-0.1, -0.05) is 60.7 Å². The molecule has 0 aliphatic heterocycles. The third-order valence-electron chi connectivity index (χ3n) is 6.87. The number of benzene rings is 4. The summed E-state index contributed by atoms with van der Waals surface area (Å²) in [5, 5.41) is 2.08. The molecule has 0 aliphatic rings. The summed E-state index contributed by atoms with van der Waals surface area (Å²) in [6.07, 6.45) is 1.13. The number of rotatable bonds is 11. The summed E-state index contributed by atoms with van der Waals surface area (Å²) in [5.41, 5.74) is 1.71. The number of esters is 1. The zero-order chi connectivity index (χ0) is 33.2. The van der Waals surface area contributed by atoms with Crippen LogP contribution in [0.5, 0.6) is 11.5 Å². The van der Waals surface area contributed by atoms with E-state index in [4.69, 9.17) is 14.2 Å². The maximum atomic E-state index is 12.5. The van der Waals surface area contributed by atoms with E-state index >= 15 is 0 Å². The summed E-state index contributed by atoms with van der Waals surface area (Å²) in [5.74, 6) is 1.21. The molecule has 0 spiro atoms. The maximum absolute atomic E-state index is 12.5. The van der Waals surface area contributed by atoms with E-state index in [1.807, 2.05) is 130 Å². The van der Waals surface area contributed by atoms with Gasteiger partial charge in [0.05, 0.1) is 16.2 Å². The van der Waals surface area contributed by atoms with Crippen LogP contribution < -0.4 is 9.47 Å². The molecule has 6 aromatic rings. The van der Waals surface area contributed by atoms with Crippen LogP contribution in [0.15, 0.2) is 109 Å². The van der Waals surface area contributed by atoms with Crippen molar-refractivity contribution >= 4 is 60.9 Å². The standard InChI is InChI=1S/C23H24O4S.C16H12O2S/c1-23(2,3)27-22(25)12-11-19(24)21-13-17-9-10-18(14-20(17)28-21)26-15-16-7-5-4-6-8-16;17-10-15-8-13-6-7-14(9-16(13)19-15)18-11-12-4-2-1-3-5-12/h4-10,13-14H,11-12,15H2,1-3H3;1-10H,11H2. The highest BCUT2D eigenvalue weighted by molar-refractivity contribution is 7.21. The molecule has 0 bridgehead atoms. The van der Waals surface area contributed by atoms with Crippen molar-refractivity contribution in [2.45, 2.75) is 52.4 Å². The molecule has 2 aromatic heterocycles. The summed E-state index contributed by atoms with van der Waals surface area (Å²) < 4.78 is 18.9. The average molecular weight is 665 g/mol. The number of fused-ring (bicyclic) bond motifs is 2. The molecular formula is C39H36O6S2. The monoisotopic (exact) mass is 664 g/mol. The summed E-state index contributed by atoms with van der Waals surface area (Å²) in [4.78, 5) is 36.4. The maximum Gasteiger partial charge on any atom is 0.306 e. The first kappa shape index (κ1) is 33.6. The van der Waals surface area contributed by atoms with Gasteiger partial charge < -0.3 is 14.2 Å². The first-order chi connectivity index (χ1) is 22.6. The van der Waals surface area contributed by atoms with Crippen LogP contribution in [0.4, 0.5) is 0 Å². The zero-order valence-corrected chi connectivity index (χ0v) is 28.2. The zero-order valence-electron chi connectivity index (χ0n) is 26.6. The summed E-state index contributed by atoms with van der Waals surface area (Å²) in [7, 11) is 0. The number of hydrogen-bond acceptors (Lipinski definition) is 8. The molecule has 47 heavy (non-hydrogen) atoms. The molecule has 6 nitrogen and oxygen atoms in total. The van der Waals surface area contributed by atoms with Crippen LogP contribution in [0.25, 0.3) is 20.2 Å². The summed E-state index contributed by atoms with van der Waals surface area (Å²) >= 11 is 2.91. The van der Waals surface area contributed by atoms with Gasteiger partial charge >= 0.3 is 5.97 Å². The Kier molecular flexibility index (Phi) is 11.2. The molecule has 6 rings (SSSR count). The van der Waals surface area contributed by atoms with Gasteiger partial charge in [-0.25, -0.2) is 0 Å². The lowest BCUT2D eigenvalue weighted by molar-refractivity contribution is -0.154. The van der Waals surface area contributed by atoms with Crippen LogP contribution in [-0.4, -0.2) is 23.6 Å². The van der Waals surface area contributed by atoms with Gasteiger partial charge in [0.25, 0.3) is 0 Å². The van der Waals surface area contributed by atoms with E-state index in [1.54, 1.807) is 0 Å². The Hall–Kier alpha value is -4.79. The first-order valence-electron chi connectivity index (χ1n) is 15.3. The predicted octanol–water partition coefficient (Wildman–Crippen LogP) is 10.1. The van der Waals surface area contributed by atoms with Gasteiger partial charge in [-0.15, -0.1) is 22.7 Å². The van der Waals surface area contributed by atoms with E-state index in [-0.39, 0.29) is 24.6 Å². The summed E-state index contributed by atoms with van der Waals surface area (Å²) in [6, 6.07) is 35.5. The van der Waals surface area contributed by atoms with E-state index in [1.165, 1.54) is 22.7 Å². The Bertz CT molecular complexity index is 1950. The number of Topliss-reactive ketones (excluding diaryl/α,β-unsaturated/α-hetero) is 1. The van der Waals surface area contributed by atoms with Gasteiger partial charge in [0.1, 0.15) is 30.3 Å². The fourth-order valence-corrected chi connectivity index (χ4v) is 6.60. The molecule has 0 unspecified atom stereocenters. The van der Waals surface area contributed by atoms with Crippen molar-refractivity contribution in [3.05, 3.63) is 130 Å². The van der Waals surface area contributed by atoms with Gasteiger partial charge in [-0.2, -0.15) is 0 Å². The quantitative estimate of drug-likeness (QED) is 0.0779. The molecular weight excluding hydrogens is 629 g/mol. The third kappa shape index (κ3) is 10.1. The molecule has 0 saturated carbocycles. The SMILES string of the molecule is CC(C)(C)OC(=O)CCC(=O)c1cc2ccc(OCc3ccccc3)cc2s1.O=Cc1cc2ccc(OCc3ccccc3)cc2s1. The van der Waals surface area contributed by atoms with Crippen LogP contribution in [-0.2, 0) is 22.7 Å². The smallest absolute Gasteiger partial charge is 0.306 e. The largest absolute Gasteiger partial charge is 0.489 e. The Labute approximate surface area is 282 Å². The molecule has 0 radical (unpaired) electrons. The highest BCUT2D eigenvalue weighted by Gasteiger charge is 2.18. The fraction of sp³-hybridized carbons (Fsp3) is 0.205. The Morgan fingerprint density at radius 2 is 1.19 bits per heavy atom. The van der Waals surface area contributed by atoms with Crippen molar-refractivity contribution in [3.8, 4) is 11.5 Å². The molecule has 240 valence electrons. The van der Waals surface area contributed by atoms with Gasteiger partial charge in [0.2, 0.25) is 0 Å². The van der Waals surface area contributed by atoms with Gasteiger partial charge in [-0.3, -0.25) is 14.4 Å². The van der Waals surface area contributed by atoms with E-state index in [0.717, 1.165) is 54.0 Å². The Morgan fingerprint density at radius 3 is 1.72 bits per heavy atom. The lowest BCUT2D eigenvalue weighted by Gasteiger charge is -2.19. The first-order valence-corrected chi connectivity index (χ1v) is 16.9. The fourth-order valence-electron chi connectivity index (χ4n) is 4.63. The normalized spacial score (nSPS) is 11.0. The molecule has 4 aromatic carbocycles. The van der Waals surface area contributed by atoms with Crippen LogP contribution in [0.3, 0.4) is 0 Å². The Balaban J connectivity index is 0.000000198. The van der Waals surface area contributed by atoms with E-state index < -0.39 is 5.60 Å². The second kappa shape index (κ2) is 15.7. The minimum absolute atomic E-state index is 0.0428. The molecule has 0 fully saturated rings. The van der Waals surface area contributed by atoms with Gasteiger partial charge in [0.15, 0.2) is 12.1 Å². The molecule has 2 heterocycles. The third-order valence-corrected chi connectivity index (χ3v) is 9.03. The molecule has 0 N–H and O–H groups in total. The van der Waals surface area contributed by atoms with Crippen molar-refractivity contribution in [2.24, 2.45) is 0 Å². The highest BCUT2D eigenvalue weighted by Crippen LogP contribution is 2.31. The van der Waals surface area contributed by atoms with Gasteiger partial charge in [0, 0.05) is 15.8 Å². The molecule has 0 aliphatic carbocycles. The number of ketones is 1. The molecule has 0 saturated heterocycles. The number of thiophene rings is 2. The summed E-state index contributed by atoms with van der Waals surface area (Å²) in [6.45, 7) is 6.50. The van der Waals surface area contributed by atoms with Crippen LogP contribution in [0.2, 0.25) is 0 Å². The number of ether oxygens (including phenoxy) is 3. The average Bonchev–Trinajstić information content (AvgIpc) is 3.69. The van der Waals surface area contributed by atoms with Crippen LogP contribution >= 0.6 is 22.7 Å². The van der Waals surface area contributed by atoms with E-state index in [9.17, 15) is 14.4 Å². The lowest BCUT2D eigenvalue weighted by atomic mass is 10.1. The van der Waals surface area contributed by atoms with Crippen molar-refractivity contribution in [1.29, 1.82) is 0 Å². The molecule has 0 atom stereocenters. The van der Waals surface area contributed by atoms with Crippen molar-refractivity contribution in [2.75, 3.05) is 0 Å². The van der Waals surface area contributed by atoms with Crippen molar-refractivity contribution in [1.82, 2.24) is 0 Å². The predicted molar refractivity (Wildman–Crippen MR) is 190 cm³/mol. The minimum Gasteiger partial charge on any atom is -0.489 e. The number of carbonyl (C=O) groups is 3. The van der Waals surface area contributed by atoms with Gasteiger partial charge in [-0.05, 0) is 91.2 Å². The van der Waals surface area contributed by atoms with Crippen molar-refractivity contribution in [3.63, 3.8) is 0 Å². The number of aldehydes is 1. The second-order valence-electron chi connectivity index (χ2n) is 11.8. The highest BCUT2D eigenvalue weighted by atomic mass is 32.1. The van der Waals surface area contributed by atoms with Crippen LogP contribution in [0, 0.1) is 0 Å². The second-order valence-corrected chi connectivity index (χ2v) is 14.0. The van der Waals surface area contributed by atoms with Crippen molar-refractivity contribution < 1.29 is 28.6 Å².